The third-order valence-electron chi connectivity index (χ3n) is 6.34. The lowest BCUT2D eigenvalue weighted by molar-refractivity contribution is -0.251. The Hall–Kier alpha value is -3.14. The van der Waals surface area contributed by atoms with Gasteiger partial charge in [-0.1, -0.05) is 53.1 Å². The molecule has 1 amide bonds. The maximum absolute atomic E-state index is 12.1. The number of fused-ring (bicyclic) bond motifs is 2. The molecule has 3 saturated heterocycles. The van der Waals surface area contributed by atoms with E-state index in [1.165, 1.54) is 0 Å². The zero-order valence-electron chi connectivity index (χ0n) is 18.3. The van der Waals surface area contributed by atoms with Gasteiger partial charge in [0.2, 0.25) is 0 Å². The van der Waals surface area contributed by atoms with Crippen molar-refractivity contribution in [2.45, 2.75) is 31.3 Å². The number of carbonyl (C=O) groups excluding carboxylic acids is 3. The van der Waals surface area contributed by atoms with Gasteiger partial charge < -0.3 is 23.9 Å². The number of benzene rings is 2. The predicted molar refractivity (Wildman–Crippen MR) is 119 cm³/mol. The van der Waals surface area contributed by atoms with Crippen molar-refractivity contribution in [3.05, 3.63) is 59.1 Å². The number of likely N-dealkylation sites (tertiary alicyclic amines) is 1. The number of carbonyl (C=O) groups is 3. The van der Waals surface area contributed by atoms with Gasteiger partial charge in [-0.3, -0.25) is 0 Å². The van der Waals surface area contributed by atoms with Gasteiger partial charge >= 0.3 is 18.0 Å². The molecule has 0 aromatic heterocycles. The summed E-state index contributed by atoms with van der Waals surface area (Å²) in [7, 11) is 0. The van der Waals surface area contributed by atoms with Crippen molar-refractivity contribution in [2.24, 2.45) is 0 Å². The molecule has 5 rings (SSSR count). The molecule has 0 N–H and O–H groups in total. The molecule has 1 atom stereocenters. The average molecular weight is 487 g/mol. The first-order valence-electron chi connectivity index (χ1n) is 11.0. The topological polar surface area (TPSA) is 94.6 Å². The molecule has 10 heteroatoms. The fraction of sp³-hybridized carbons (Fsp3) is 0.375. The first-order chi connectivity index (χ1) is 16.4. The normalized spacial score (nSPS) is 21.7. The van der Waals surface area contributed by atoms with E-state index in [-0.39, 0.29) is 0 Å². The van der Waals surface area contributed by atoms with E-state index >= 15 is 0 Å². The van der Waals surface area contributed by atoms with Gasteiger partial charge in [-0.25, -0.2) is 14.4 Å². The maximum atomic E-state index is 12.1. The summed E-state index contributed by atoms with van der Waals surface area (Å²) >= 11 is 6.07. The quantitative estimate of drug-likeness (QED) is 0.349. The molecular weight excluding hydrogens is 464 g/mol. The third-order valence-corrected chi connectivity index (χ3v) is 6.57. The SMILES string of the molecule is O=C1OC2N(OC1=O)C(=O)OC21CCN(CCOCc2ccc(-c3cccc(Cl)c3)cc2)CC1. The number of nitrogens with zero attached hydrogens (tertiary/aromatic N) is 2. The van der Waals surface area contributed by atoms with Crippen LogP contribution in [0.15, 0.2) is 48.5 Å². The highest BCUT2D eigenvalue weighted by Crippen LogP contribution is 2.40. The van der Waals surface area contributed by atoms with Gasteiger partial charge in [-0.05, 0) is 28.8 Å². The van der Waals surface area contributed by atoms with Crippen LogP contribution in [-0.2, 0) is 35.2 Å². The van der Waals surface area contributed by atoms with Crippen molar-refractivity contribution in [2.75, 3.05) is 26.2 Å². The fourth-order valence-corrected chi connectivity index (χ4v) is 4.63. The fourth-order valence-electron chi connectivity index (χ4n) is 4.44. The van der Waals surface area contributed by atoms with Crippen molar-refractivity contribution in [1.29, 1.82) is 0 Å². The second-order valence-corrected chi connectivity index (χ2v) is 8.93. The summed E-state index contributed by atoms with van der Waals surface area (Å²) in [5, 5.41) is 1.43. The van der Waals surface area contributed by atoms with Crippen molar-refractivity contribution in [3.8, 4) is 11.1 Å². The zero-order valence-corrected chi connectivity index (χ0v) is 19.0. The van der Waals surface area contributed by atoms with E-state index < -0.39 is 29.9 Å². The van der Waals surface area contributed by atoms with Gasteiger partial charge in [0, 0.05) is 37.5 Å². The van der Waals surface area contributed by atoms with E-state index in [1.807, 2.05) is 36.4 Å². The van der Waals surface area contributed by atoms with Crippen LogP contribution in [-0.4, -0.2) is 66.1 Å². The lowest BCUT2D eigenvalue weighted by Gasteiger charge is -2.40. The van der Waals surface area contributed by atoms with Gasteiger partial charge in [-0.15, -0.1) is 0 Å². The number of piperidine rings is 1. The second kappa shape index (κ2) is 9.25. The number of hydrogen-bond acceptors (Lipinski definition) is 8. The highest BCUT2D eigenvalue weighted by molar-refractivity contribution is 6.31. The van der Waals surface area contributed by atoms with E-state index in [1.54, 1.807) is 0 Å². The molecule has 1 spiro atoms. The molecule has 178 valence electrons. The lowest BCUT2D eigenvalue weighted by Crippen LogP contribution is -2.57. The Balaban J connectivity index is 1.07. The van der Waals surface area contributed by atoms with Gasteiger partial charge in [0.15, 0.2) is 5.60 Å². The number of hydrogen-bond donors (Lipinski definition) is 0. The Kier molecular flexibility index (Phi) is 6.16. The van der Waals surface area contributed by atoms with Crippen molar-refractivity contribution in [1.82, 2.24) is 9.96 Å². The number of halogens is 1. The van der Waals surface area contributed by atoms with E-state index in [0.29, 0.717) is 50.7 Å². The summed E-state index contributed by atoms with van der Waals surface area (Å²) in [6, 6.07) is 15.9. The minimum atomic E-state index is -1.22. The lowest BCUT2D eigenvalue weighted by atomic mass is 9.89. The van der Waals surface area contributed by atoms with Crippen LogP contribution in [0.4, 0.5) is 4.79 Å². The highest BCUT2D eigenvalue weighted by Gasteiger charge is 2.62. The van der Waals surface area contributed by atoms with Gasteiger partial charge in [0.25, 0.3) is 6.23 Å². The van der Waals surface area contributed by atoms with Crippen molar-refractivity contribution < 1.29 is 33.4 Å². The predicted octanol–water partition coefficient (Wildman–Crippen LogP) is 3.15. The van der Waals surface area contributed by atoms with Crippen LogP contribution in [0.2, 0.25) is 5.02 Å². The first-order valence-corrected chi connectivity index (χ1v) is 11.4. The summed E-state index contributed by atoms with van der Waals surface area (Å²) in [5.74, 6) is -2.34. The number of ether oxygens (including phenoxy) is 3. The van der Waals surface area contributed by atoms with Crippen LogP contribution in [0, 0.1) is 0 Å². The Bertz CT molecular complexity index is 1100. The minimum absolute atomic E-state index is 0.454. The molecule has 2 aromatic carbocycles. The molecule has 0 radical (unpaired) electrons. The molecule has 0 saturated carbocycles. The molecule has 0 bridgehead atoms. The molecule has 0 aliphatic carbocycles. The molecule has 9 nitrogen and oxygen atoms in total. The molecule has 2 aromatic rings. The Morgan fingerprint density at radius 2 is 1.76 bits per heavy atom. The molecule has 1 unspecified atom stereocenters. The summed E-state index contributed by atoms with van der Waals surface area (Å²) in [6.07, 6.45) is -0.951. The van der Waals surface area contributed by atoms with Crippen LogP contribution in [0.3, 0.4) is 0 Å². The van der Waals surface area contributed by atoms with Crippen LogP contribution in [0.1, 0.15) is 18.4 Å². The molecule has 3 fully saturated rings. The Morgan fingerprint density at radius 3 is 2.50 bits per heavy atom. The number of rotatable bonds is 6. The number of hydroxylamine groups is 2. The number of amides is 1. The Morgan fingerprint density at radius 1 is 1.00 bits per heavy atom. The maximum Gasteiger partial charge on any atom is 0.447 e. The molecule has 3 aliphatic rings. The smallest absolute Gasteiger partial charge is 0.434 e. The molecule has 34 heavy (non-hydrogen) atoms. The molecular formula is C24H23ClN2O7. The van der Waals surface area contributed by atoms with E-state index in [9.17, 15) is 14.4 Å². The summed E-state index contributed by atoms with van der Waals surface area (Å²) in [5.41, 5.74) is 2.24. The van der Waals surface area contributed by atoms with E-state index in [2.05, 4.69) is 17.0 Å². The third kappa shape index (κ3) is 4.46. The van der Waals surface area contributed by atoms with Crippen LogP contribution in [0.5, 0.6) is 0 Å². The Labute approximate surface area is 201 Å². The average Bonchev–Trinajstić information content (AvgIpc) is 3.09. The first kappa shape index (κ1) is 22.6. The largest absolute Gasteiger partial charge is 0.447 e. The summed E-state index contributed by atoms with van der Waals surface area (Å²) in [4.78, 5) is 42.0. The summed E-state index contributed by atoms with van der Waals surface area (Å²) < 4.78 is 16.5. The molecule has 3 heterocycles. The highest BCUT2D eigenvalue weighted by atomic mass is 35.5. The second-order valence-electron chi connectivity index (χ2n) is 8.50. The van der Waals surface area contributed by atoms with Crippen LogP contribution in [0.25, 0.3) is 11.1 Å². The van der Waals surface area contributed by atoms with E-state index in [0.717, 1.165) is 21.8 Å². The van der Waals surface area contributed by atoms with Gasteiger partial charge in [-0.2, -0.15) is 0 Å². The standard InChI is InChI=1S/C24H23ClN2O7/c25-19-3-1-2-18(14-19)17-6-4-16(5-7-17)15-31-13-12-26-10-8-24(9-11-26)22-27(23(30)33-24)34-21(29)20(28)32-22/h1-7,14,22H,8-13,15H2. The zero-order chi connectivity index (χ0) is 23.7. The number of esters is 1. The van der Waals surface area contributed by atoms with Gasteiger partial charge in [0.1, 0.15) is 0 Å². The molecule has 3 aliphatic heterocycles. The van der Waals surface area contributed by atoms with Gasteiger partial charge in [0.05, 0.1) is 13.2 Å². The monoisotopic (exact) mass is 486 g/mol. The summed E-state index contributed by atoms with van der Waals surface area (Å²) in [6.45, 7) is 3.02. The van der Waals surface area contributed by atoms with Crippen LogP contribution < -0.4 is 0 Å². The minimum Gasteiger partial charge on any atom is -0.434 e. The van der Waals surface area contributed by atoms with Crippen molar-refractivity contribution in [3.63, 3.8) is 0 Å². The van der Waals surface area contributed by atoms with Crippen molar-refractivity contribution >= 4 is 29.6 Å². The van der Waals surface area contributed by atoms with E-state index in [4.69, 9.17) is 30.6 Å². The van der Waals surface area contributed by atoms with Crippen LogP contribution >= 0.6 is 11.6 Å².